The van der Waals surface area contributed by atoms with Crippen molar-refractivity contribution in [2.24, 2.45) is 11.8 Å². The van der Waals surface area contributed by atoms with Gasteiger partial charge in [0, 0.05) is 5.92 Å². The summed E-state index contributed by atoms with van der Waals surface area (Å²) in [6.45, 7) is 2.10. The van der Waals surface area contributed by atoms with Crippen molar-refractivity contribution in [3.63, 3.8) is 0 Å². The zero-order chi connectivity index (χ0) is 13.9. The Hall–Kier alpha value is -1.61. The van der Waals surface area contributed by atoms with Crippen molar-refractivity contribution in [2.45, 2.75) is 37.4 Å². The van der Waals surface area contributed by atoms with E-state index in [1.807, 2.05) is 24.3 Å². The largest absolute Gasteiger partial charge is 0.455 e. The van der Waals surface area contributed by atoms with E-state index in [2.05, 4.69) is 19.1 Å². The molecule has 1 heterocycles. The number of esters is 1. The van der Waals surface area contributed by atoms with Gasteiger partial charge in [-0.25, -0.2) is 4.79 Å². The lowest BCUT2D eigenvalue weighted by molar-refractivity contribution is -0.141. The Morgan fingerprint density at radius 1 is 1.25 bits per heavy atom. The summed E-state index contributed by atoms with van der Waals surface area (Å²) in [7, 11) is 0. The fourth-order valence-corrected chi connectivity index (χ4v) is 4.33. The quantitative estimate of drug-likeness (QED) is 0.797. The van der Waals surface area contributed by atoms with Gasteiger partial charge in [-0.2, -0.15) is 0 Å². The summed E-state index contributed by atoms with van der Waals surface area (Å²) in [4.78, 5) is 12.1. The van der Waals surface area contributed by atoms with Crippen LogP contribution in [0.5, 0.6) is 0 Å². The molecular weight excluding hydrogens is 252 g/mol. The number of hydrogen-bond acceptors (Lipinski definition) is 3. The van der Waals surface area contributed by atoms with Crippen molar-refractivity contribution < 1.29 is 14.6 Å². The normalized spacial score (nSPS) is 42.1. The maximum absolute atomic E-state index is 12.1. The zero-order valence-corrected chi connectivity index (χ0v) is 11.5. The molecule has 0 unspecified atom stereocenters. The molecule has 0 radical (unpaired) electrons. The van der Waals surface area contributed by atoms with Crippen LogP contribution in [0.2, 0.25) is 0 Å². The van der Waals surface area contributed by atoms with Gasteiger partial charge in [0.05, 0.1) is 5.57 Å². The minimum Gasteiger partial charge on any atom is -0.455 e. The second-order valence-corrected chi connectivity index (χ2v) is 6.39. The molecule has 3 heteroatoms. The minimum atomic E-state index is -1.07. The first-order chi connectivity index (χ1) is 9.60. The van der Waals surface area contributed by atoms with Crippen LogP contribution in [-0.2, 0) is 9.53 Å². The Labute approximate surface area is 118 Å². The molecule has 2 aliphatic carbocycles. The highest BCUT2D eigenvalue weighted by Gasteiger charge is 2.65. The van der Waals surface area contributed by atoms with Crippen LogP contribution in [0, 0.1) is 11.8 Å². The summed E-state index contributed by atoms with van der Waals surface area (Å²) >= 11 is 0. The molecular formula is C17H18O3. The molecule has 2 fully saturated rings. The number of allylic oxidation sites excluding steroid dienone is 1. The summed E-state index contributed by atoms with van der Waals surface area (Å²) in [5.74, 6) is 0.233. The maximum atomic E-state index is 12.1. The van der Waals surface area contributed by atoms with Crippen molar-refractivity contribution >= 4 is 5.97 Å². The van der Waals surface area contributed by atoms with Crippen LogP contribution in [0.25, 0.3) is 0 Å². The average Bonchev–Trinajstić information content (AvgIpc) is 2.86. The van der Waals surface area contributed by atoms with Crippen LogP contribution in [0.3, 0.4) is 0 Å². The fraction of sp³-hybridized carbons (Fsp3) is 0.471. The van der Waals surface area contributed by atoms with Crippen molar-refractivity contribution in [1.29, 1.82) is 0 Å². The number of rotatable bonds is 1. The van der Waals surface area contributed by atoms with Gasteiger partial charge >= 0.3 is 5.97 Å². The summed E-state index contributed by atoms with van der Waals surface area (Å²) in [6, 6.07) is 10.1. The molecule has 1 aliphatic heterocycles. The van der Waals surface area contributed by atoms with Gasteiger partial charge in [-0.15, -0.1) is 0 Å². The van der Waals surface area contributed by atoms with E-state index in [4.69, 9.17) is 4.74 Å². The molecule has 1 aromatic rings. The predicted octanol–water partition coefficient (Wildman–Crippen LogP) is 2.41. The lowest BCUT2D eigenvalue weighted by atomic mass is 9.73. The lowest BCUT2D eigenvalue weighted by Gasteiger charge is -2.33. The summed E-state index contributed by atoms with van der Waals surface area (Å²) in [6.07, 6.45) is 3.31. The van der Waals surface area contributed by atoms with Crippen molar-refractivity contribution in [3.05, 3.63) is 47.5 Å². The van der Waals surface area contributed by atoms with E-state index in [-0.39, 0.29) is 17.8 Å². The molecule has 3 aliphatic rings. The van der Waals surface area contributed by atoms with Gasteiger partial charge < -0.3 is 9.84 Å². The molecule has 1 saturated carbocycles. The highest BCUT2D eigenvalue weighted by molar-refractivity contribution is 5.94. The SMILES string of the molecule is C[C@H]1C=C2C(=O)O[C@@H]3[C@H](c4ccccc4)C[C@H](C1)[C@]23O. The van der Waals surface area contributed by atoms with Gasteiger partial charge in [-0.3, -0.25) is 0 Å². The highest BCUT2D eigenvalue weighted by Crippen LogP contribution is 2.57. The number of ether oxygens (including phenoxy) is 1. The number of aliphatic hydroxyl groups is 1. The number of benzene rings is 1. The van der Waals surface area contributed by atoms with E-state index < -0.39 is 11.7 Å². The van der Waals surface area contributed by atoms with Gasteiger partial charge in [-0.1, -0.05) is 43.3 Å². The van der Waals surface area contributed by atoms with E-state index >= 15 is 0 Å². The Kier molecular flexibility index (Phi) is 2.40. The third-order valence-electron chi connectivity index (χ3n) is 5.18. The second kappa shape index (κ2) is 3.95. The molecule has 104 valence electrons. The first kappa shape index (κ1) is 12.2. The molecule has 3 nitrogen and oxygen atoms in total. The molecule has 20 heavy (non-hydrogen) atoms. The molecule has 0 aromatic heterocycles. The molecule has 1 saturated heterocycles. The Morgan fingerprint density at radius 2 is 2.00 bits per heavy atom. The smallest absolute Gasteiger partial charge is 0.337 e. The first-order valence-corrected chi connectivity index (χ1v) is 7.31. The van der Waals surface area contributed by atoms with E-state index in [9.17, 15) is 9.90 Å². The van der Waals surface area contributed by atoms with Crippen molar-refractivity contribution in [3.8, 4) is 0 Å². The van der Waals surface area contributed by atoms with Crippen LogP contribution in [-0.4, -0.2) is 22.8 Å². The van der Waals surface area contributed by atoms with Gasteiger partial charge in [0.25, 0.3) is 0 Å². The topological polar surface area (TPSA) is 46.5 Å². The van der Waals surface area contributed by atoms with Crippen LogP contribution in [0.4, 0.5) is 0 Å². The second-order valence-electron chi connectivity index (χ2n) is 6.39. The van der Waals surface area contributed by atoms with Crippen LogP contribution < -0.4 is 0 Å². The molecule has 1 N–H and O–H groups in total. The van der Waals surface area contributed by atoms with Gasteiger partial charge in [0.1, 0.15) is 11.7 Å². The van der Waals surface area contributed by atoms with Gasteiger partial charge in [-0.05, 0) is 30.2 Å². The van der Waals surface area contributed by atoms with E-state index in [1.54, 1.807) is 0 Å². The summed E-state index contributed by atoms with van der Waals surface area (Å²) in [5, 5.41) is 11.1. The molecule has 5 atom stereocenters. The standard InChI is InChI=1S/C17H18O3/c1-10-7-12-9-13(11-5-3-2-4-6-11)15-17(12,19)14(8-10)16(18)20-15/h2-6,8,10,12-13,15,19H,7,9H2,1H3/t10-,12+,13+,15-,17+/m1/s1. The Morgan fingerprint density at radius 3 is 2.75 bits per heavy atom. The Bertz CT molecular complexity index is 592. The number of hydrogen-bond donors (Lipinski definition) is 1. The van der Waals surface area contributed by atoms with Gasteiger partial charge in [0.15, 0.2) is 0 Å². The monoisotopic (exact) mass is 270 g/mol. The summed E-state index contributed by atoms with van der Waals surface area (Å²) in [5.41, 5.74) is 0.594. The highest BCUT2D eigenvalue weighted by atomic mass is 16.6. The fourth-order valence-electron chi connectivity index (χ4n) is 4.33. The molecule has 4 rings (SSSR count). The molecule has 0 spiro atoms. The van der Waals surface area contributed by atoms with Gasteiger partial charge in [0.2, 0.25) is 0 Å². The number of carbonyl (C=O) groups is 1. The minimum absolute atomic E-state index is 0.103. The molecule has 1 aromatic carbocycles. The van der Waals surface area contributed by atoms with Crippen molar-refractivity contribution in [1.82, 2.24) is 0 Å². The third-order valence-corrected chi connectivity index (χ3v) is 5.18. The van der Waals surface area contributed by atoms with Crippen LogP contribution in [0.15, 0.2) is 42.0 Å². The van der Waals surface area contributed by atoms with Crippen molar-refractivity contribution in [2.75, 3.05) is 0 Å². The first-order valence-electron chi connectivity index (χ1n) is 7.31. The van der Waals surface area contributed by atoms with E-state index in [0.717, 1.165) is 18.4 Å². The molecule has 0 bridgehead atoms. The number of carbonyl (C=O) groups excluding carboxylic acids is 1. The zero-order valence-electron chi connectivity index (χ0n) is 11.5. The average molecular weight is 270 g/mol. The van der Waals surface area contributed by atoms with Crippen LogP contribution >= 0.6 is 0 Å². The third kappa shape index (κ3) is 1.41. The van der Waals surface area contributed by atoms with Crippen LogP contribution in [0.1, 0.15) is 31.2 Å². The lowest BCUT2D eigenvalue weighted by Crippen LogP contribution is -2.44. The predicted molar refractivity (Wildman–Crippen MR) is 74.0 cm³/mol. The van der Waals surface area contributed by atoms with E-state index in [0.29, 0.717) is 11.5 Å². The van der Waals surface area contributed by atoms with E-state index in [1.165, 1.54) is 0 Å². The molecule has 0 amide bonds. The Balaban J connectivity index is 1.80. The summed E-state index contributed by atoms with van der Waals surface area (Å²) < 4.78 is 5.56. The maximum Gasteiger partial charge on any atom is 0.337 e.